The molecule has 0 aliphatic rings. The van der Waals surface area contributed by atoms with Gasteiger partial charge < -0.3 is 19.8 Å². The molecule has 0 spiro atoms. The molecule has 0 bridgehead atoms. The van der Waals surface area contributed by atoms with Crippen LogP contribution in [0.15, 0.2) is 71.3 Å². The van der Waals surface area contributed by atoms with E-state index in [2.05, 4.69) is 15.7 Å². The lowest BCUT2D eigenvalue weighted by Gasteiger charge is -2.09. The van der Waals surface area contributed by atoms with E-state index in [1.165, 1.54) is 18.4 Å². The van der Waals surface area contributed by atoms with Crippen LogP contribution in [0.25, 0.3) is 5.69 Å². The molecular weight excluding hydrogens is 448 g/mol. The van der Waals surface area contributed by atoms with E-state index in [1.807, 2.05) is 38.1 Å². The van der Waals surface area contributed by atoms with Gasteiger partial charge in [0.2, 0.25) is 0 Å². The van der Waals surface area contributed by atoms with Gasteiger partial charge in [0, 0.05) is 5.69 Å². The van der Waals surface area contributed by atoms with E-state index in [4.69, 9.17) is 9.15 Å². The summed E-state index contributed by atoms with van der Waals surface area (Å²) in [5, 5.41) is 9.94. The number of aromatic nitrogens is 2. The number of esters is 1. The van der Waals surface area contributed by atoms with Gasteiger partial charge in [0.15, 0.2) is 12.4 Å². The number of hydrogen-bond acceptors (Lipinski definition) is 6. The van der Waals surface area contributed by atoms with Gasteiger partial charge in [0.05, 0.1) is 34.6 Å². The Morgan fingerprint density at radius 1 is 0.943 bits per heavy atom. The average Bonchev–Trinajstić information content (AvgIpc) is 3.48. The first-order valence-corrected chi connectivity index (χ1v) is 10.9. The lowest BCUT2D eigenvalue weighted by atomic mass is 10.2. The molecule has 178 valence electrons. The Hall–Kier alpha value is -4.66. The normalized spacial score (nSPS) is 10.6. The van der Waals surface area contributed by atoms with Gasteiger partial charge in [-0.05, 0) is 69.3 Å². The Bertz CT molecular complexity index is 1350. The molecule has 0 atom stereocenters. The van der Waals surface area contributed by atoms with Crippen LogP contribution in [0.4, 0.5) is 11.4 Å². The number of nitrogens with one attached hydrogen (secondary N) is 2. The Balaban J connectivity index is 1.33. The van der Waals surface area contributed by atoms with E-state index in [0.717, 1.165) is 16.9 Å². The van der Waals surface area contributed by atoms with Crippen molar-refractivity contribution in [2.45, 2.75) is 20.8 Å². The first kappa shape index (κ1) is 23.5. The van der Waals surface area contributed by atoms with Crippen LogP contribution < -0.4 is 10.6 Å². The largest absolute Gasteiger partial charge is 0.459 e. The predicted octanol–water partition coefficient (Wildman–Crippen LogP) is 4.44. The lowest BCUT2D eigenvalue weighted by Crippen LogP contribution is -2.21. The second kappa shape index (κ2) is 10.1. The first-order valence-electron chi connectivity index (χ1n) is 10.9. The topological polar surface area (TPSA) is 115 Å². The maximum absolute atomic E-state index is 12.4. The summed E-state index contributed by atoms with van der Waals surface area (Å²) in [6.07, 6.45) is 1.41. The van der Waals surface area contributed by atoms with Crippen molar-refractivity contribution >= 4 is 29.2 Å². The molecule has 2 amide bonds. The third-order valence-electron chi connectivity index (χ3n) is 5.29. The van der Waals surface area contributed by atoms with Crippen molar-refractivity contribution in [3.8, 4) is 5.69 Å². The van der Waals surface area contributed by atoms with Crippen LogP contribution in [0, 0.1) is 20.8 Å². The second-order valence-electron chi connectivity index (χ2n) is 7.93. The molecule has 0 radical (unpaired) electrons. The van der Waals surface area contributed by atoms with Gasteiger partial charge in [0.25, 0.3) is 11.8 Å². The zero-order valence-corrected chi connectivity index (χ0v) is 19.5. The highest BCUT2D eigenvalue weighted by molar-refractivity contribution is 6.02. The fourth-order valence-electron chi connectivity index (χ4n) is 3.44. The highest BCUT2D eigenvalue weighted by Crippen LogP contribution is 2.23. The summed E-state index contributed by atoms with van der Waals surface area (Å²) >= 11 is 0. The summed E-state index contributed by atoms with van der Waals surface area (Å²) in [6, 6.07) is 17.2. The van der Waals surface area contributed by atoms with Crippen molar-refractivity contribution < 1.29 is 23.5 Å². The Morgan fingerprint density at radius 2 is 1.66 bits per heavy atom. The number of hydrogen-bond donors (Lipinski definition) is 2. The number of nitrogens with zero attached hydrogens (tertiary/aromatic N) is 2. The molecule has 2 aromatic carbocycles. The Labute approximate surface area is 201 Å². The maximum atomic E-state index is 12.4. The van der Waals surface area contributed by atoms with Crippen molar-refractivity contribution in [1.82, 2.24) is 9.78 Å². The molecule has 4 aromatic rings. The van der Waals surface area contributed by atoms with Gasteiger partial charge in [-0.3, -0.25) is 9.59 Å². The number of furan rings is 1. The van der Waals surface area contributed by atoms with Gasteiger partial charge in [-0.1, -0.05) is 17.7 Å². The van der Waals surface area contributed by atoms with Crippen LogP contribution in [-0.2, 0) is 9.53 Å². The molecule has 0 saturated heterocycles. The summed E-state index contributed by atoms with van der Waals surface area (Å²) in [4.78, 5) is 36.8. The van der Waals surface area contributed by atoms with Crippen molar-refractivity contribution in [3.63, 3.8) is 0 Å². The Morgan fingerprint density at radius 3 is 2.31 bits per heavy atom. The smallest absolute Gasteiger partial charge is 0.338 e. The van der Waals surface area contributed by atoms with Gasteiger partial charge in [-0.25, -0.2) is 9.48 Å². The number of anilines is 2. The zero-order chi connectivity index (χ0) is 24.9. The molecule has 2 heterocycles. The standard InChI is InChI=1S/C26H24N4O5/c1-16-6-12-21(13-7-16)30-18(3)24(17(2)29-30)28-23(31)15-35-26(33)19-8-10-20(11-9-19)27-25(32)22-5-4-14-34-22/h4-14H,15H2,1-3H3,(H,27,32)(H,28,31). The number of aryl methyl sites for hydroxylation is 2. The van der Waals surface area contributed by atoms with E-state index >= 15 is 0 Å². The van der Waals surface area contributed by atoms with Gasteiger partial charge in [0.1, 0.15) is 0 Å². The van der Waals surface area contributed by atoms with Crippen molar-refractivity contribution in [1.29, 1.82) is 0 Å². The third kappa shape index (κ3) is 5.47. The monoisotopic (exact) mass is 472 g/mol. The molecule has 35 heavy (non-hydrogen) atoms. The molecule has 0 fully saturated rings. The molecule has 2 N–H and O–H groups in total. The minimum absolute atomic E-state index is 0.175. The number of carbonyl (C=O) groups excluding carboxylic acids is 3. The summed E-state index contributed by atoms with van der Waals surface area (Å²) in [5.74, 6) is -1.36. The van der Waals surface area contributed by atoms with Crippen LogP contribution in [0.2, 0.25) is 0 Å². The fourth-order valence-corrected chi connectivity index (χ4v) is 3.44. The molecule has 9 nitrogen and oxygen atoms in total. The van der Waals surface area contributed by atoms with Gasteiger partial charge in [-0.2, -0.15) is 5.10 Å². The summed E-state index contributed by atoms with van der Waals surface area (Å²) in [7, 11) is 0. The number of benzene rings is 2. The fraction of sp³-hybridized carbons (Fsp3) is 0.154. The third-order valence-corrected chi connectivity index (χ3v) is 5.29. The second-order valence-corrected chi connectivity index (χ2v) is 7.93. The minimum Gasteiger partial charge on any atom is -0.459 e. The van der Waals surface area contributed by atoms with E-state index < -0.39 is 24.4 Å². The first-order chi connectivity index (χ1) is 16.8. The lowest BCUT2D eigenvalue weighted by molar-refractivity contribution is -0.119. The molecular formula is C26H24N4O5. The van der Waals surface area contributed by atoms with Crippen LogP contribution >= 0.6 is 0 Å². The highest BCUT2D eigenvalue weighted by atomic mass is 16.5. The van der Waals surface area contributed by atoms with Gasteiger partial charge in [-0.15, -0.1) is 0 Å². The maximum Gasteiger partial charge on any atom is 0.338 e. The molecule has 0 aliphatic carbocycles. The SMILES string of the molecule is Cc1ccc(-n2nc(C)c(NC(=O)COC(=O)c3ccc(NC(=O)c4ccco4)cc3)c2C)cc1. The van der Waals surface area contributed by atoms with Crippen LogP contribution in [0.5, 0.6) is 0 Å². The van der Waals surface area contributed by atoms with Crippen molar-refractivity contribution in [3.05, 3.63) is 95.2 Å². The molecule has 0 saturated carbocycles. The quantitative estimate of drug-likeness (QED) is 0.384. The number of amides is 2. The van der Waals surface area contributed by atoms with E-state index in [1.54, 1.807) is 35.9 Å². The number of carbonyl (C=O) groups is 3. The highest BCUT2D eigenvalue weighted by Gasteiger charge is 2.17. The number of ether oxygens (including phenoxy) is 1. The summed E-state index contributed by atoms with van der Waals surface area (Å²) < 4.78 is 11.9. The zero-order valence-electron chi connectivity index (χ0n) is 19.5. The summed E-state index contributed by atoms with van der Waals surface area (Å²) in [6.45, 7) is 5.20. The predicted molar refractivity (Wildman–Crippen MR) is 130 cm³/mol. The molecule has 0 aliphatic heterocycles. The summed E-state index contributed by atoms with van der Waals surface area (Å²) in [5.41, 5.74) is 4.73. The van der Waals surface area contributed by atoms with E-state index in [0.29, 0.717) is 17.1 Å². The number of rotatable bonds is 7. The van der Waals surface area contributed by atoms with Crippen LogP contribution in [0.3, 0.4) is 0 Å². The van der Waals surface area contributed by atoms with E-state index in [-0.39, 0.29) is 11.3 Å². The minimum atomic E-state index is -0.659. The Kier molecular flexibility index (Phi) is 6.77. The van der Waals surface area contributed by atoms with Gasteiger partial charge >= 0.3 is 5.97 Å². The molecule has 0 unspecified atom stereocenters. The molecule has 9 heteroatoms. The molecule has 2 aromatic heterocycles. The van der Waals surface area contributed by atoms with Crippen molar-refractivity contribution in [2.75, 3.05) is 17.2 Å². The van der Waals surface area contributed by atoms with Crippen LogP contribution in [-0.4, -0.2) is 34.2 Å². The van der Waals surface area contributed by atoms with Crippen molar-refractivity contribution in [2.24, 2.45) is 0 Å². The molecule has 4 rings (SSSR count). The van der Waals surface area contributed by atoms with Crippen LogP contribution in [0.1, 0.15) is 37.9 Å². The van der Waals surface area contributed by atoms with E-state index in [9.17, 15) is 14.4 Å². The average molecular weight is 473 g/mol.